The van der Waals surface area contributed by atoms with Crippen LogP contribution in [-0.2, 0) is 10.0 Å². The third kappa shape index (κ3) is 4.14. The van der Waals surface area contributed by atoms with Gasteiger partial charge in [-0.1, -0.05) is 19.1 Å². The van der Waals surface area contributed by atoms with Crippen LogP contribution in [0.25, 0.3) is 10.8 Å². The van der Waals surface area contributed by atoms with E-state index in [4.69, 9.17) is 0 Å². The average Bonchev–Trinajstić information content (AvgIpc) is 2.71. The van der Waals surface area contributed by atoms with Crippen LogP contribution in [0.1, 0.15) is 6.92 Å². The normalized spacial score (nSPS) is 19.4. The Hall–Kier alpha value is -0.920. The molecule has 1 saturated heterocycles. The molecular formula is C15H21Cl2N3O2S. The third-order valence-corrected chi connectivity index (χ3v) is 5.73. The lowest BCUT2D eigenvalue weighted by Gasteiger charge is -2.22. The van der Waals surface area contributed by atoms with Crippen LogP contribution in [0, 0.1) is 5.92 Å². The quantitative estimate of drug-likeness (QED) is 0.871. The van der Waals surface area contributed by atoms with E-state index in [-0.39, 0.29) is 24.8 Å². The Bertz CT molecular complexity index is 750. The minimum Gasteiger partial charge on any atom is -0.315 e. The monoisotopic (exact) mass is 377 g/mol. The zero-order chi connectivity index (χ0) is 14.9. The number of hydrogen-bond donors (Lipinski definition) is 1. The summed E-state index contributed by atoms with van der Waals surface area (Å²) in [5.41, 5.74) is 0. The largest absolute Gasteiger partial charge is 0.315 e. The van der Waals surface area contributed by atoms with Gasteiger partial charge in [0.05, 0.1) is 4.90 Å². The predicted molar refractivity (Wildman–Crippen MR) is 97.0 cm³/mol. The van der Waals surface area contributed by atoms with Gasteiger partial charge in [-0.2, -0.15) is 4.31 Å². The van der Waals surface area contributed by atoms with Crippen LogP contribution in [0.5, 0.6) is 0 Å². The Morgan fingerprint density at radius 1 is 1.26 bits per heavy atom. The Morgan fingerprint density at radius 2 is 2.04 bits per heavy atom. The zero-order valence-corrected chi connectivity index (χ0v) is 15.3. The van der Waals surface area contributed by atoms with Crippen LogP contribution in [0.4, 0.5) is 0 Å². The minimum atomic E-state index is -3.48. The van der Waals surface area contributed by atoms with Gasteiger partial charge in [0, 0.05) is 42.8 Å². The fraction of sp³-hybridized carbons (Fsp3) is 0.400. The van der Waals surface area contributed by atoms with Crippen molar-refractivity contribution in [2.75, 3.05) is 26.2 Å². The molecule has 5 nitrogen and oxygen atoms in total. The van der Waals surface area contributed by atoms with Crippen molar-refractivity contribution in [1.82, 2.24) is 14.6 Å². The molecule has 2 heterocycles. The van der Waals surface area contributed by atoms with Gasteiger partial charge in [0.2, 0.25) is 10.0 Å². The van der Waals surface area contributed by atoms with Gasteiger partial charge in [-0.25, -0.2) is 8.42 Å². The van der Waals surface area contributed by atoms with Crippen molar-refractivity contribution in [3.63, 3.8) is 0 Å². The molecule has 8 heteroatoms. The number of aromatic nitrogens is 1. The van der Waals surface area contributed by atoms with Gasteiger partial charge in [0.25, 0.3) is 0 Å². The molecule has 0 radical (unpaired) electrons. The van der Waals surface area contributed by atoms with Gasteiger partial charge in [-0.15, -0.1) is 24.8 Å². The maximum absolute atomic E-state index is 13.0. The first-order valence-electron chi connectivity index (χ1n) is 7.12. The molecule has 0 bridgehead atoms. The molecule has 1 aliphatic heterocycles. The second kappa shape index (κ2) is 8.26. The van der Waals surface area contributed by atoms with E-state index in [1.54, 1.807) is 34.9 Å². The molecule has 1 atom stereocenters. The number of benzene rings is 1. The summed E-state index contributed by atoms with van der Waals surface area (Å²) >= 11 is 0. The minimum absolute atomic E-state index is 0. The van der Waals surface area contributed by atoms with Crippen LogP contribution in [-0.4, -0.2) is 43.9 Å². The summed E-state index contributed by atoms with van der Waals surface area (Å²) in [6.07, 6.45) is 3.33. The van der Waals surface area contributed by atoms with Gasteiger partial charge in [-0.05, 0) is 24.6 Å². The summed E-state index contributed by atoms with van der Waals surface area (Å²) in [5, 5.41) is 4.85. The van der Waals surface area contributed by atoms with Gasteiger partial charge in [-0.3, -0.25) is 4.98 Å². The molecule has 128 valence electrons. The SMILES string of the molecule is CC1CNCCN(S(=O)(=O)c2cccc3cnccc23)C1.Cl.Cl. The molecule has 0 saturated carbocycles. The second-order valence-corrected chi connectivity index (χ2v) is 7.43. The van der Waals surface area contributed by atoms with Crippen molar-refractivity contribution in [2.45, 2.75) is 11.8 Å². The molecule has 1 aromatic carbocycles. The molecule has 2 aromatic rings. The van der Waals surface area contributed by atoms with Crippen molar-refractivity contribution in [2.24, 2.45) is 5.92 Å². The maximum atomic E-state index is 13.0. The molecule has 1 N–H and O–H groups in total. The van der Waals surface area contributed by atoms with E-state index in [0.29, 0.717) is 30.4 Å². The summed E-state index contributed by atoms with van der Waals surface area (Å²) in [5.74, 6) is 0.305. The van der Waals surface area contributed by atoms with E-state index in [1.165, 1.54) is 0 Å². The van der Waals surface area contributed by atoms with E-state index in [0.717, 1.165) is 17.3 Å². The first-order valence-corrected chi connectivity index (χ1v) is 8.56. The highest BCUT2D eigenvalue weighted by molar-refractivity contribution is 7.89. The van der Waals surface area contributed by atoms with Gasteiger partial charge < -0.3 is 5.32 Å². The van der Waals surface area contributed by atoms with Crippen LogP contribution in [0.15, 0.2) is 41.6 Å². The standard InChI is InChI=1S/C15H19N3O2S.2ClH/c1-12-9-17-7-8-18(11-12)21(19,20)15-4-2-3-13-10-16-6-5-14(13)15;;/h2-6,10,12,17H,7-9,11H2,1H3;2*1H. The van der Waals surface area contributed by atoms with E-state index < -0.39 is 10.0 Å². The molecule has 1 unspecified atom stereocenters. The Balaban J connectivity index is 0.00000132. The first-order chi connectivity index (χ1) is 10.1. The molecule has 0 aliphatic carbocycles. The molecule has 0 amide bonds. The fourth-order valence-electron chi connectivity index (χ4n) is 2.73. The fourth-order valence-corrected chi connectivity index (χ4v) is 4.51. The highest BCUT2D eigenvalue weighted by atomic mass is 35.5. The lowest BCUT2D eigenvalue weighted by atomic mass is 10.2. The van der Waals surface area contributed by atoms with E-state index >= 15 is 0 Å². The van der Waals surface area contributed by atoms with Crippen molar-refractivity contribution < 1.29 is 8.42 Å². The number of pyridine rings is 1. The number of rotatable bonds is 2. The number of nitrogens with one attached hydrogen (secondary N) is 1. The average molecular weight is 378 g/mol. The number of nitrogens with zero attached hydrogens (tertiary/aromatic N) is 2. The predicted octanol–water partition coefficient (Wildman–Crippen LogP) is 2.31. The summed E-state index contributed by atoms with van der Waals surface area (Å²) in [6, 6.07) is 7.10. The number of sulfonamides is 1. The topological polar surface area (TPSA) is 62.3 Å². The molecule has 1 fully saturated rings. The smallest absolute Gasteiger partial charge is 0.243 e. The number of fused-ring (bicyclic) bond motifs is 1. The molecule has 1 aliphatic rings. The van der Waals surface area contributed by atoms with Crippen molar-refractivity contribution in [3.8, 4) is 0 Å². The second-order valence-electron chi connectivity index (χ2n) is 5.53. The summed E-state index contributed by atoms with van der Waals surface area (Å²) in [7, 11) is -3.48. The molecule has 23 heavy (non-hydrogen) atoms. The van der Waals surface area contributed by atoms with Gasteiger partial charge >= 0.3 is 0 Å². The highest BCUT2D eigenvalue weighted by Gasteiger charge is 2.28. The van der Waals surface area contributed by atoms with Crippen LogP contribution in [0.3, 0.4) is 0 Å². The van der Waals surface area contributed by atoms with E-state index in [2.05, 4.69) is 17.2 Å². The highest BCUT2D eigenvalue weighted by Crippen LogP contribution is 2.25. The maximum Gasteiger partial charge on any atom is 0.243 e. The Morgan fingerprint density at radius 3 is 2.83 bits per heavy atom. The molecule has 0 spiro atoms. The van der Waals surface area contributed by atoms with Crippen molar-refractivity contribution in [3.05, 3.63) is 36.7 Å². The first kappa shape index (κ1) is 20.1. The van der Waals surface area contributed by atoms with Crippen LogP contribution >= 0.6 is 24.8 Å². The summed E-state index contributed by atoms with van der Waals surface area (Å²) < 4.78 is 27.5. The zero-order valence-electron chi connectivity index (χ0n) is 12.8. The molecule has 1 aromatic heterocycles. The lowest BCUT2D eigenvalue weighted by Crippen LogP contribution is -2.35. The molecule has 3 rings (SSSR count). The third-order valence-electron chi connectivity index (χ3n) is 3.80. The van der Waals surface area contributed by atoms with Gasteiger partial charge in [0.1, 0.15) is 0 Å². The van der Waals surface area contributed by atoms with E-state index in [1.807, 2.05) is 6.07 Å². The Labute approximate surface area is 149 Å². The van der Waals surface area contributed by atoms with Crippen molar-refractivity contribution in [1.29, 1.82) is 0 Å². The summed E-state index contributed by atoms with van der Waals surface area (Å²) in [4.78, 5) is 4.43. The molecular weight excluding hydrogens is 357 g/mol. The lowest BCUT2D eigenvalue weighted by molar-refractivity contribution is 0.392. The van der Waals surface area contributed by atoms with Crippen LogP contribution < -0.4 is 5.32 Å². The van der Waals surface area contributed by atoms with Gasteiger partial charge in [0.15, 0.2) is 0 Å². The van der Waals surface area contributed by atoms with E-state index in [9.17, 15) is 8.42 Å². The summed E-state index contributed by atoms with van der Waals surface area (Å²) in [6.45, 7) is 4.67. The number of hydrogen-bond acceptors (Lipinski definition) is 4. The van der Waals surface area contributed by atoms with Crippen LogP contribution in [0.2, 0.25) is 0 Å². The Kier molecular flexibility index (Phi) is 7.23. The van der Waals surface area contributed by atoms with Crippen molar-refractivity contribution >= 4 is 45.6 Å². The number of halogens is 2.